The predicted octanol–water partition coefficient (Wildman–Crippen LogP) is 1.41. The summed E-state index contributed by atoms with van der Waals surface area (Å²) in [5, 5.41) is 11.7. The van der Waals surface area contributed by atoms with Crippen molar-refractivity contribution in [1.29, 1.82) is 0 Å². The minimum atomic E-state index is -0.470. The van der Waals surface area contributed by atoms with Crippen LogP contribution in [0, 0.1) is 5.82 Å². The summed E-state index contributed by atoms with van der Waals surface area (Å²) in [6.45, 7) is 2.66. The number of aromatic nitrogens is 4. The molecular weight excluding hydrogens is 249 g/mol. The van der Waals surface area contributed by atoms with Gasteiger partial charge in [0.1, 0.15) is 5.82 Å². The third kappa shape index (κ3) is 2.06. The number of nitrogens with two attached hydrogens (primary N) is 1. The molecule has 6 nitrogen and oxygen atoms in total. The van der Waals surface area contributed by atoms with Crippen molar-refractivity contribution in [3.8, 4) is 11.4 Å². The van der Waals surface area contributed by atoms with Crippen molar-refractivity contribution in [2.45, 2.75) is 25.5 Å². The van der Waals surface area contributed by atoms with Gasteiger partial charge in [-0.2, -0.15) is 0 Å². The van der Waals surface area contributed by atoms with Gasteiger partial charge in [0.25, 0.3) is 0 Å². The van der Waals surface area contributed by atoms with Crippen LogP contribution in [0.5, 0.6) is 0 Å². The van der Waals surface area contributed by atoms with Crippen molar-refractivity contribution in [3.05, 3.63) is 24.0 Å². The summed E-state index contributed by atoms with van der Waals surface area (Å²) in [4.78, 5) is 0. The molecule has 7 heteroatoms. The molecule has 0 aliphatic carbocycles. The number of rotatable bonds is 2. The zero-order valence-corrected chi connectivity index (χ0v) is 10.5. The molecule has 2 heterocycles. The van der Waals surface area contributed by atoms with Gasteiger partial charge in [0.05, 0.1) is 17.8 Å². The van der Waals surface area contributed by atoms with Crippen LogP contribution in [0.15, 0.2) is 18.2 Å². The van der Waals surface area contributed by atoms with Gasteiger partial charge in [0.2, 0.25) is 0 Å². The van der Waals surface area contributed by atoms with Crippen LogP contribution in [-0.2, 0) is 4.74 Å². The summed E-state index contributed by atoms with van der Waals surface area (Å²) in [5.41, 5.74) is 6.19. The Hall–Kier alpha value is -2.02. The van der Waals surface area contributed by atoms with Crippen LogP contribution < -0.4 is 5.73 Å². The summed E-state index contributed by atoms with van der Waals surface area (Å²) in [7, 11) is 0. The van der Waals surface area contributed by atoms with Gasteiger partial charge in [-0.05, 0) is 42.0 Å². The number of nitrogen functional groups attached to an aromatic ring is 1. The van der Waals surface area contributed by atoms with Crippen molar-refractivity contribution < 1.29 is 9.13 Å². The molecule has 19 heavy (non-hydrogen) atoms. The Kier molecular flexibility index (Phi) is 2.90. The van der Waals surface area contributed by atoms with Crippen LogP contribution in [0.4, 0.5) is 10.1 Å². The lowest BCUT2D eigenvalue weighted by Gasteiger charge is -2.15. The molecule has 1 fully saturated rings. The number of anilines is 1. The van der Waals surface area contributed by atoms with Gasteiger partial charge in [0.15, 0.2) is 5.82 Å². The fourth-order valence-corrected chi connectivity index (χ4v) is 2.31. The average molecular weight is 263 g/mol. The molecule has 100 valence electrons. The molecule has 0 bridgehead atoms. The topological polar surface area (TPSA) is 78.8 Å². The number of hydrogen-bond donors (Lipinski definition) is 1. The largest absolute Gasteiger partial charge is 0.396 e. The van der Waals surface area contributed by atoms with Gasteiger partial charge in [-0.1, -0.05) is 0 Å². The Balaban J connectivity index is 2.01. The highest BCUT2D eigenvalue weighted by Crippen LogP contribution is 2.29. The van der Waals surface area contributed by atoms with E-state index in [1.807, 2.05) is 6.92 Å². The Bertz CT molecular complexity index is 600. The molecule has 2 aromatic rings. The van der Waals surface area contributed by atoms with E-state index in [0.29, 0.717) is 18.0 Å². The molecule has 3 rings (SSSR count). The van der Waals surface area contributed by atoms with E-state index in [1.165, 1.54) is 12.1 Å². The molecule has 1 aliphatic heterocycles. The number of benzene rings is 1. The van der Waals surface area contributed by atoms with Crippen LogP contribution in [0.3, 0.4) is 0 Å². The first-order valence-corrected chi connectivity index (χ1v) is 6.11. The fourth-order valence-electron chi connectivity index (χ4n) is 2.31. The molecule has 2 N–H and O–H groups in total. The van der Waals surface area contributed by atoms with E-state index >= 15 is 0 Å². The Labute approximate surface area is 109 Å². The molecule has 2 unspecified atom stereocenters. The SMILES string of the molecule is CC1OCCC1n1nnnc1-c1ccc(N)c(F)c1. The molecule has 1 saturated heterocycles. The lowest BCUT2D eigenvalue weighted by atomic mass is 10.1. The van der Waals surface area contributed by atoms with Gasteiger partial charge in [0, 0.05) is 12.2 Å². The maximum atomic E-state index is 13.5. The van der Waals surface area contributed by atoms with E-state index in [1.54, 1.807) is 10.7 Å². The van der Waals surface area contributed by atoms with E-state index in [2.05, 4.69) is 15.5 Å². The molecule has 2 atom stereocenters. The molecule has 0 spiro atoms. The third-order valence-corrected chi connectivity index (χ3v) is 3.40. The second kappa shape index (κ2) is 4.58. The van der Waals surface area contributed by atoms with Crippen LogP contribution >= 0.6 is 0 Å². The van der Waals surface area contributed by atoms with Crippen molar-refractivity contribution in [3.63, 3.8) is 0 Å². The summed E-state index contributed by atoms with van der Waals surface area (Å²) in [6.07, 6.45) is 0.886. The normalized spacial score (nSPS) is 22.8. The number of tetrazole rings is 1. The third-order valence-electron chi connectivity index (χ3n) is 3.40. The second-order valence-corrected chi connectivity index (χ2v) is 4.62. The van der Waals surface area contributed by atoms with Crippen LogP contribution in [0.1, 0.15) is 19.4 Å². The van der Waals surface area contributed by atoms with Crippen molar-refractivity contribution in [2.24, 2.45) is 0 Å². The van der Waals surface area contributed by atoms with Gasteiger partial charge in [-0.25, -0.2) is 9.07 Å². The minimum Gasteiger partial charge on any atom is -0.396 e. The summed E-state index contributed by atoms with van der Waals surface area (Å²) >= 11 is 0. The zero-order chi connectivity index (χ0) is 13.4. The zero-order valence-electron chi connectivity index (χ0n) is 10.5. The second-order valence-electron chi connectivity index (χ2n) is 4.62. The summed E-state index contributed by atoms with van der Waals surface area (Å²) < 4.78 is 20.7. The van der Waals surface area contributed by atoms with E-state index in [-0.39, 0.29) is 17.8 Å². The highest BCUT2D eigenvalue weighted by Gasteiger charge is 2.29. The van der Waals surface area contributed by atoms with E-state index in [9.17, 15) is 4.39 Å². The smallest absolute Gasteiger partial charge is 0.182 e. The lowest BCUT2D eigenvalue weighted by Crippen LogP contribution is -2.19. The van der Waals surface area contributed by atoms with Crippen molar-refractivity contribution in [1.82, 2.24) is 20.2 Å². The Morgan fingerprint density at radius 1 is 1.47 bits per heavy atom. The Morgan fingerprint density at radius 2 is 2.32 bits per heavy atom. The molecule has 1 aromatic carbocycles. The van der Waals surface area contributed by atoms with Gasteiger partial charge >= 0.3 is 0 Å². The number of nitrogens with zero attached hydrogens (tertiary/aromatic N) is 4. The monoisotopic (exact) mass is 263 g/mol. The number of halogens is 1. The first-order valence-electron chi connectivity index (χ1n) is 6.11. The average Bonchev–Trinajstić information content (AvgIpc) is 3.00. The first kappa shape index (κ1) is 12.0. The highest BCUT2D eigenvalue weighted by molar-refractivity contribution is 5.59. The van der Waals surface area contributed by atoms with Crippen LogP contribution in [-0.4, -0.2) is 32.9 Å². The molecule has 1 aromatic heterocycles. The van der Waals surface area contributed by atoms with Crippen LogP contribution in [0.25, 0.3) is 11.4 Å². The molecule has 1 aliphatic rings. The predicted molar refractivity (Wildman–Crippen MR) is 66.7 cm³/mol. The number of hydrogen-bond acceptors (Lipinski definition) is 5. The fraction of sp³-hybridized carbons (Fsp3) is 0.417. The summed E-state index contributed by atoms with van der Waals surface area (Å²) in [5.74, 6) is 0.0593. The van der Waals surface area contributed by atoms with E-state index < -0.39 is 5.82 Å². The lowest BCUT2D eigenvalue weighted by molar-refractivity contribution is 0.105. The van der Waals surface area contributed by atoms with Gasteiger partial charge in [-0.3, -0.25) is 0 Å². The molecule has 0 saturated carbocycles. The highest BCUT2D eigenvalue weighted by atomic mass is 19.1. The Morgan fingerprint density at radius 3 is 3.00 bits per heavy atom. The maximum absolute atomic E-state index is 13.5. The van der Waals surface area contributed by atoms with E-state index in [0.717, 1.165) is 6.42 Å². The first-order chi connectivity index (χ1) is 9.16. The van der Waals surface area contributed by atoms with Crippen LogP contribution in [0.2, 0.25) is 0 Å². The summed E-state index contributed by atoms with van der Waals surface area (Å²) in [6, 6.07) is 4.64. The van der Waals surface area contributed by atoms with Gasteiger partial charge < -0.3 is 10.5 Å². The van der Waals surface area contributed by atoms with Gasteiger partial charge in [-0.15, -0.1) is 5.10 Å². The standard InChI is InChI=1S/C12H14FN5O/c1-7-11(4-5-19-7)18-12(15-16-17-18)8-2-3-10(14)9(13)6-8/h2-3,6-7,11H,4-5,14H2,1H3. The number of ether oxygens (including phenoxy) is 1. The van der Waals surface area contributed by atoms with E-state index in [4.69, 9.17) is 10.5 Å². The quantitative estimate of drug-likeness (QED) is 0.829. The van der Waals surface area contributed by atoms with Crippen molar-refractivity contribution >= 4 is 5.69 Å². The molecule has 0 amide bonds. The minimum absolute atomic E-state index is 0.0425. The molecule has 0 radical (unpaired) electrons. The van der Waals surface area contributed by atoms with Crippen molar-refractivity contribution in [2.75, 3.05) is 12.3 Å². The maximum Gasteiger partial charge on any atom is 0.182 e. The molecular formula is C12H14FN5O.